The third kappa shape index (κ3) is 2.65. The highest BCUT2D eigenvalue weighted by Gasteiger charge is 2.47. The van der Waals surface area contributed by atoms with E-state index in [0.29, 0.717) is 32.4 Å². The zero-order valence-corrected chi connectivity index (χ0v) is 12.1. The van der Waals surface area contributed by atoms with Gasteiger partial charge in [0.2, 0.25) is 5.91 Å². The molecule has 20 heavy (non-hydrogen) atoms. The van der Waals surface area contributed by atoms with Gasteiger partial charge in [0.15, 0.2) is 0 Å². The number of nitrogens with zero attached hydrogens (tertiary/aromatic N) is 2. The Morgan fingerprint density at radius 1 is 1.30 bits per heavy atom. The molecule has 0 radical (unpaired) electrons. The van der Waals surface area contributed by atoms with E-state index in [1.165, 1.54) is 0 Å². The van der Waals surface area contributed by atoms with Gasteiger partial charge in [0, 0.05) is 6.54 Å². The Morgan fingerprint density at radius 2 is 2.00 bits per heavy atom. The smallest absolute Gasteiger partial charge is 0.328 e. The van der Waals surface area contributed by atoms with Crippen LogP contribution in [0.4, 0.5) is 0 Å². The standard InChI is InChI=1S/C15H22N2O3/c1-2-20-13(18)12-7-3-6-10-17(12)14(19)15(11-16)8-4-5-9-15/h12H,2-10H2,1H3. The minimum atomic E-state index is -0.901. The van der Waals surface area contributed by atoms with Crippen LogP contribution >= 0.6 is 0 Å². The van der Waals surface area contributed by atoms with E-state index in [0.717, 1.165) is 25.7 Å². The number of ether oxygens (including phenoxy) is 1. The first-order chi connectivity index (χ1) is 9.64. The van der Waals surface area contributed by atoms with Gasteiger partial charge in [-0.2, -0.15) is 5.26 Å². The van der Waals surface area contributed by atoms with Crippen LogP contribution in [0.1, 0.15) is 51.9 Å². The van der Waals surface area contributed by atoms with Crippen LogP contribution in [0.3, 0.4) is 0 Å². The Labute approximate surface area is 119 Å². The Hall–Kier alpha value is -1.57. The van der Waals surface area contributed by atoms with Gasteiger partial charge in [-0.25, -0.2) is 4.79 Å². The second kappa shape index (κ2) is 6.25. The summed E-state index contributed by atoms with van der Waals surface area (Å²) in [6, 6.07) is 1.72. The van der Waals surface area contributed by atoms with Crippen LogP contribution in [0.15, 0.2) is 0 Å². The first-order valence-corrected chi connectivity index (χ1v) is 7.53. The van der Waals surface area contributed by atoms with E-state index in [1.807, 2.05) is 0 Å². The van der Waals surface area contributed by atoms with E-state index >= 15 is 0 Å². The minimum absolute atomic E-state index is 0.157. The molecule has 2 rings (SSSR count). The fourth-order valence-electron chi connectivity index (χ4n) is 3.29. The highest BCUT2D eigenvalue weighted by molar-refractivity contribution is 5.90. The van der Waals surface area contributed by atoms with Gasteiger partial charge in [-0.3, -0.25) is 4.79 Å². The number of rotatable bonds is 3. The van der Waals surface area contributed by atoms with Gasteiger partial charge in [0.25, 0.3) is 0 Å². The molecule has 1 atom stereocenters. The highest BCUT2D eigenvalue weighted by Crippen LogP contribution is 2.40. The molecule has 0 spiro atoms. The molecular formula is C15H22N2O3. The number of hydrogen-bond acceptors (Lipinski definition) is 4. The fraction of sp³-hybridized carbons (Fsp3) is 0.800. The summed E-state index contributed by atoms with van der Waals surface area (Å²) in [5.41, 5.74) is -0.901. The molecule has 2 aliphatic rings. The predicted octanol–water partition coefficient (Wildman–Crippen LogP) is 2.01. The average Bonchev–Trinajstić information content (AvgIpc) is 2.97. The van der Waals surface area contributed by atoms with Gasteiger partial charge in [-0.1, -0.05) is 12.8 Å². The van der Waals surface area contributed by atoms with Crippen LogP contribution < -0.4 is 0 Å². The van der Waals surface area contributed by atoms with E-state index in [4.69, 9.17) is 4.74 Å². The van der Waals surface area contributed by atoms with Crippen molar-refractivity contribution in [2.75, 3.05) is 13.2 Å². The summed E-state index contributed by atoms with van der Waals surface area (Å²) in [6.45, 7) is 2.65. The van der Waals surface area contributed by atoms with E-state index < -0.39 is 11.5 Å². The molecule has 0 bridgehead atoms. The number of likely N-dealkylation sites (tertiary alicyclic amines) is 1. The number of esters is 1. The molecule has 0 aromatic carbocycles. The van der Waals surface area contributed by atoms with Gasteiger partial charge in [0.1, 0.15) is 11.5 Å². The van der Waals surface area contributed by atoms with Crippen molar-refractivity contribution in [3.63, 3.8) is 0 Å². The maximum Gasteiger partial charge on any atom is 0.328 e. The molecule has 0 aromatic rings. The van der Waals surface area contributed by atoms with Crippen molar-refractivity contribution in [2.24, 2.45) is 5.41 Å². The third-order valence-electron chi connectivity index (χ3n) is 4.40. The van der Waals surface area contributed by atoms with E-state index in [2.05, 4.69) is 6.07 Å². The van der Waals surface area contributed by atoms with Gasteiger partial charge in [0.05, 0.1) is 12.7 Å². The van der Waals surface area contributed by atoms with Gasteiger partial charge in [-0.15, -0.1) is 0 Å². The van der Waals surface area contributed by atoms with Crippen LogP contribution in [0.25, 0.3) is 0 Å². The maximum absolute atomic E-state index is 12.8. The zero-order chi connectivity index (χ0) is 14.6. The topological polar surface area (TPSA) is 70.4 Å². The average molecular weight is 278 g/mol. The molecule has 1 amide bonds. The van der Waals surface area contributed by atoms with Crippen molar-refractivity contribution in [1.82, 2.24) is 4.90 Å². The first-order valence-electron chi connectivity index (χ1n) is 7.53. The van der Waals surface area contributed by atoms with Gasteiger partial charge in [-0.05, 0) is 39.0 Å². The molecule has 0 N–H and O–H groups in total. The second-order valence-corrected chi connectivity index (χ2v) is 5.66. The molecule has 110 valence electrons. The minimum Gasteiger partial charge on any atom is -0.464 e. The van der Waals surface area contributed by atoms with E-state index in [-0.39, 0.29) is 11.9 Å². The quantitative estimate of drug-likeness (QED) is 0.740. The maximum atomic E-state index is 12.8. The molecule has 5 heteroatoms. The largest absolute Gasteiger partial charge is 0.464 e. The molecular weight excluding hydrogens is 256 g/mol. The summed E-state index contributed by atoms with van der Waals surface area (Å²) in [5.74, 6) is -0.484. The van der Waals surface area contributed by atoms with Crippen LogP contribution in [-0.4, -0.2) is 36.0 Å². The lowest BCUT2D eigenvalue weighted by Crippen LogP contribution is -2.53. The highest BCUT2D eigenvalue weighted by atomic mass is 16.5. The third-order valence-corrected chi connectivity index (χ3v) is 4.40. The monoisotopic (exact) mass is 278 g/mol. The van der Waals surface area contributed by atoms with Crippen molar-refractivity contribution in [2.45, 2.75) is 57.9 Å². The summed E-state index contributed by atoms with van der Waals surface area (Å²) < 4.78 is 5.08. The number of carbonyl (C=O) groups is 2. The molecule has 1 heterocycles. The van der Waals surface area contributed by atoms with Gasteiger partial charge >= 0.3 is 5.97 Å². The Balaban J connectivity index is 2.17. The summed E-state index contributed by atoms with van der Waals surface area (Å²) in [6.07, 6.45) is 5.53. The number of nitriles is 1. The number of hydrogen-bond donors (Lipinski definition) is 0. The second-order valence-electron chi connectivity index (χ2n) is 5.66. The predicted molar refractivity (Wildman–Crippen MR) is 72.5 cm³/mol. The summed E-state index contributed by atoms with van der Waals surface area (Å²) >= 11 is 0. The Morgan fingerprint density at radius 3 is 2.60 bits per heavy atom. The molecule has 1 saturated heterocycles. The number of carbonyl (C=O) groups excluding carboxylic acids is 2. The van der Waals surface area contributed by atoms with Crippen molar-refractivity contribution in [3.05, 3.63) is 0 Å². The molecule has 1 aliphatic heterocycles. The van der Waals surface area contributed by atoms with Crippen molar-refractivity contribution >= 4 is 11.9 Å². The number of piperidine rings is 1. The summed E-state index contributed by atoms with van der Waals surface area (Å²) in [4.78, 5) is 26.4. The Kier molecular flexibility index (Phi) is 4.64. The normalized spacial score (nSPS) is 25.0. The van der Waals surface area contributed by atoms with Crippen LogP contribution in [0.2, 0.25) is 0 Å². The van der Waals surface area contributed by atoms with Gasteiger partial charge < -0.3 is 9.64 Å². The van der Waals surface area contributed by atoms with Crippen LogP contribution in [0.5, 0.6) is 0 Å². The van der Waals surface area contributed by atoms with Crippen molar-refractivity contribution < 1.29 is 14.3 Å². The van der Waals surface area contributed by atoms with Crippen LogP contribution in [0, 0.1) is 16.7 Å². The first kappa shape index (κ1) is 14.8. The zero-order valence-electron chi connectivity index (χ0n) is 12.1. The SMILES string of the molecule is CCOC(=O)C1CCCCN1C(=O)C1(C#N)CCCC1. The van der Waals surface area contributed by atoms with Crippen LogP contribution in [-0.2, 0) is 14.3 Å². The molecule has 5 nitrogen and oxygen atoms in total. The lowest BCUT2D eigenvalue weighted by atomic mass is 9.85. The molecule has 1 saturated carbocycles. The van der Waals surface area contributed by atoms with Crippen molar-refractivity contribution in [3.8, 4) is 6.07 Å². The van der Waals surface area contributed by atoms with Crippen molar-refractivity contribution in [1.29, 1.82) is 5.26 Å². The lowest BCUT2D eigenvalue weighted by molar-refractivity contribution is -0.159. The summed E-state index contributed by atoms with van der Waals surface area (Å²) in [5, 5.41) is 9.43. The molecule has 2 fully saturated rings. The lowest BCUT2D eigenvalue weighted by Gasteiger charge is -2.37. The Bertz CT molecular complexity index is 421. The molecule has 1 aliphatic carbocycles. The summed E-state index contributed by atoms with van der Waals surface area (Å²) in [7, 11) is 0. The fourth-order valence-corrected chi connectivity index (χ4v) is 3.29. The number of amides is 1. The molecule has 0 aromatic heterocycles. The molecule has 1 unspecified atom stereocenters. The van der Waals surface area contributed by atoms with E-state index in [9.17, 15) is 14.9 Å². The van der Waals surface area contributed by atoms with E-state index in [1.54, 1.807) is 11.8 Å².